The molecule has 3 rings (SSSR count). The summed E-state index contributed by atoms with van der Waals surface area (Å²) in [5, 5.41) is 3.37. The van der Waals surface area contributed by atoms with E-state index in [0.717, 1.165) is 22.3 Å². The first-order valence-corrected chi connectivity index (χ1v) is 7.26. The molecule has 0 saturated heterocycles. The van der Waals surface area contributed by atoms with Crippen molar-refractivity contribution in [2.75, 3.05) is 0 Å². The molecule has 17 heavy (non-hydrogen) atoms. The third kappa shape index (κ3) is 1.94. The second kappa shape index (κ2) is 4.33. The molecule has 0 amide bonds. The molecule has 3 aromatic heterocycles. The van der Waals surface area contributed by atoms with Crippen LogP contribution in [0.5, 0.6) is 0 Å². The Morgan fingerprint density at radius 2 is 2.24 bits per heavy atom. The van der Waals surface area contributed by atoms with Crippen molar-refractivity contribution in [2.24, 2.45) is 0 Å². The van der Waals surface area contributed by atoms with Crippen molar-refractivity contribution in [3.05, 3.63) is 27.0 Å². The monoisotopic (exact) mass is 281 g/mol. The van der Waals surface area contributed by atoms with E-state index in [9.17, 15) is 0 Å². The highest BCUT2D eigenvalue weighted by atomic mass is 35.5. The second-order valence-corrected chi connectivity index (χ2v) is 5.69. The normalized spacial score (nSPS) is 11.2. The third-order valence-corrected chi connectivity index (χ3v) is 4.45. The van der Waals surface area contributed by atoms with E-state index in [0.29, 0.717) is 11.0 Å². The SMILES string of the molecule is CCc1cc2c(Cl)nc(-c3cscn3)nc2s1. The highest BCUT2D eigenvalue weighted by Gasteiger charge is 2.11. The van der Waals surface area contributed by atoms with E-state index in [1.54, 1.807) is 16.8 Å². The zero-order chi connectivity index (χ0) is 11.8. The van der Waals surface area contributed by atoms with Crippen LogP contribution >= 0.6 is 34.3 Å². The Morgan fingerprint density at radius 3 is 2.94 bits per heavy atom. The van der Waals surface area contributed by atoms with E-state index in [2.05, 4.69) is 27.9 Å². The van der Waals surface area contributed by atoms with Crippen molar-refractivity contribution in [1.29, 1.82) is 0 Å². The van der Waals surface area contributed by atoms with Crippen molar-refractivity contribution >= 4 is 44.5 Å². The molecule has 0 saturated carbocycles. The summed E-state index contributed by atoms with van der Waals surface area (Å²) >= 11 is 9.37. The van der Waals surface area contributed by atoms with Gasteiger partial charge in [-0.3, -0.25) is 0 Å². The number of nitrogens with zero attached hydrogens (tertiary/aromatic N) is 3. The minimum absolute atomic E-state index is 0.508. The molecule has 0 unspecified atom stereocenters. The molecule has 0 atom stereocenters. The molecule has 3 heterocycles. The summed E-state index contributed by atoms with van der Waals surface area (Å²) in [5.41, 5.74) is 2.55. The molecule has 3 aromatic rings. The summed E-state index contributed by atoms with van der Waals surface area (Å²) in [6.07, 6.45) is 0.989. The average molecular weight is 282 g/mol. The Balaban J connectivity index is 2.23. The molecule has 0 N–H and O–H groups in total. The molecule has 0 radical (unpaired) electrons. The summed E-state index contributed by atoms with van der Waals surface area (Å²) in [7, 11) is 0. The molecule has 0 spiro atoms. The highest BCUT2D eigenvalue weighted by molar-refractivity contribution is 7.18. The number of thiazole rings is 1. The lowest BCUT2D eigenvalue weighted by Crippen LogP contribution is -1.89. The smallest absolute Gasteiger partial charge is 0.181 e. The molecular formula is C11H8ClN3S2. The first-order valence-electron chi connectivity index (χ1n) is 5.12. The fourth-order valence-electron chi connectivity index (χ4n) is 1.55. The van der Waals surface area contributed by atoms with Crippen LogP contribution < -0.4 is 0 Å². The van der Waals surface area contributed by atoms with Crippen LogP contribution in [-0.4, -0.2) is 15.0 Å². The van der Waals surface area contributed by atoms with Crippen LogP contribution in [0.15, 0.2) is 17.0 Å². The maximum absolute atomic E-state index is 6.18. The van der Waals surface area contributed by atoms with Crippen molar-refractivity contribution < 1.29 is 0 Å². The molecule has 0 aliphatic heterocycles. The summed E-state index contributed by atoms with van der Waals surface area (Å²) in [6, 6.07) is 2.06. The van der Waals surface area contributed by atoms with Crippen molar-refractivity contribution in [1.82, 2.24) is 15.0 Å². The zero-order valence-corrected chi connectivity index (χ0v) is 11.4. The van der Waals surface area contributed by atoms with Gasteiger partial charge in [0.1, 0.15) is 15.7 Å². The number of hydrogen-bond acceptors (Lipinski definition) is 5. The lowest BCUT2D eigenvalue weighted by Gasteiger charge is -1.97. The largest absolute Gasteiger partial charge is 0.241 e. The summed E-state index contributed by atoms with van der Waals surface area (Å²) in [6.45, 7) is 2.12. The second-order valence-electron chi connectivity index (χ2n) is 3.50. The van der Waals surface area contributed by atoms with Crippen LogP contribution in [0, 0.1) is 0 Å². The van der Waals surface area contributed by atoms with E-state index in [4.69, 9.17) is 11.6 Å². The minimum Gasteiger partial charge on any atom is -0.241 e. The Hall–Kier alpha value is -1.04. The minimum atomic E-state index is 0.508. The van der Waals surface area contributed by atoms with Gasteiger partial charge in [0, 0.05) is 15.6 Å². The predicted octanol–water partition coefficient (Wildman–Crippen LogP) is 4.03. The van der Waals surface area contributed by atoms with Crippen LogP contribution in [0.4, 0.5) is 0 Å². The van der Waals surface area contributed by atoms with Crippen LogP contribution in [0.3, 0.4) is 0 Å². The van der Waals surface area contributed by atoms with Gasteiger partial charge in [-0.15, -0.1) is 22.7 Å². The maximum atomic E-state index is 6.18. The number of thiophene rings is 1. The summed E-state index contributed by atoms with van der Waals surface area (Å²) in [5.74, 6) is 0.605. The molecule has 0 bridgehead atoms. The molecule has 86 valence electrons. The standard InChI is InChI=1S/C11H8ClN3S2/c1-2-6-3-7-9(12)14-10(15-11(7)17-6)8-4-16-5-13-8/h3-5H,2H2,1H3. The average Bonchev–Trinajstić information content (AvgIpc) is 2.97. The molecule has 3 nitrogen and oxygen atoms in total. The van der Waals surface area contributed by atoms with E-state index < -0.39 is 0 Å². The first kappa shape index (κ1) is 11.1. The number of aryl methyl sites for hydroxylation is 1. The van der Waals surface area contributed by atoms with Crippen LogP contribution in [0.25, 0.3) is 21.7 Å². The number of halogens is 1. The van der Waals surface area contributed by atoms with Gasteiger partial charge in [0.25, 0.3) is 0 Å². The van der Waals surface area contributed by atoms with Crippen LogP contribution in [0.2, 0.25) is 5.15 Å². The summed E-state index contributed by atoms with van der Waals surface area (Å²) in [4.78, 5) is 15.2. The van der Waals surface area contributed by atoms with Gasteiger partial charge in [-0.1, -0.05) is 18.5 Å². The van der Waals surface area contributed by atoms with Gasteiger partial charge in [-0.25, -0.2) is 15.0 Å². The summed E-state index contributed by atoms with van der Waals surface area (Å²) < 4.78 is 0. The molecule has 0 aliphatic rings. The van der Waals surface area contributed by atoms with Gasteiger partial charge in [0.15, 0.2) is 5.82 Å². The molecule has 0 aliphatic carbocycles. The number of hydrogen-bond donors (Lipinski definition) is 0. The Labute approximate surface area is 111 Å². The Morgan fingerprint density at radius 1 is 1.35 bits per heavy atom. The molecule has 0 aromatic carbocycles. The van der Waals surface area contributed by atoms with Gasteiger partial charge >= 0.3 is 0 Å². The number of aromatic nitrogens is 3. The van der Waals surface area contributed by atoms with Gasteiger partial charge in [0.2, 0.25) is 0 Å². The van der Waals surface area contributed by atoms with Gasteiger partial charge < -0.3 is 0 Å². The van der Waals surface area contributed by atoms with Crippen molar-refractivity contribution in [3.63, 3.8) is 0 Å². The molecule has 6 heteroatoms. The molecule has 0 fully saturated rings. The maximum Gasteiger partial charge on any atom is 0.181 e. The number of rotatable bonds is 2. The predicted molar refractivity (Wildman–Crippen MR) is 72.9 cm³/mol. The van der Waals surface area contributed by atoms with E-state index in [-0.39, 0.29) is 0 Å². The highest BCUT2D eigenvalue weighted by Crippen LogP contribution is 2.31. The van der Waals surface area contributed by atoms with Crippen LogP contribution in [-0.2, 0) is 6.42 Å². The lowest BCUT2D eigenvalue weighted by atomic mass is 10.3. The van der Waals surface area contributed by atoms with Gasteiger partial charge in [-0.05, 0) is 12.5 Å². The van der Waals surface area contributed by atoms with Gasteiger partial charge in [-0.2, -0.15) is 0 Å². The Kier molecular flexibility index (Phi) is 2.82. The topological polar surface area (TPSA) is 38.7 Å². The third-order valence-electron chi connectivity index (χ3n) is 2.41. The van der Waals surface area contributed by atoms with E-state index in [1.807, 2.05) is 5.38 Å². The van der Waals surface area contributed by atoms with Gasteiger partial charge in [0.05, 0.1) is 5.51 Å². The van der Waals surface area contributed by atoms with Crippen molar-refractivity contribution in [2.45, 2.75) is 13.3 Å². The van der Waals surface area contributed by atoms with E-state index in [1.165, 1.54) is 16.2 Å². The Bertz CT molecular complexity index is 661. The lowest BCUT2D eigenvalue weighted by molar-refractivity contribution is 1.19. The first-order chi connectivity index (χ1) is 8.28. The number of fused-ring (bicyclic) bond motifs is 1. The zero-order valence-electron chi connectivity index (χ0n) is 8.98. The fraction of sp³-hybridized carbons (Fsp3) is 0.182. The van der Waals surface area contributed by atoms with Crippen molar-refractivity contribution in [3.8, 4) is 11.5 Å². The quantitative estimate of drug-likeness (QED) is 0.666. The van der Waals surface area contributed by atoms with Crippen LogP contribution in [0.1, 0.15) is 11.8 Å². The van der Waals surface area contributed by atoms with E-state index >= 15 is 0 Å². The fourth-order valence-corrected chi connectivity index (χ4v) is 3.33. The molecular weight excluding hydrogens is 274 g/mol.